The van der Waals surface area contributed by atoms with Gasteiger partial charge < -0.3 is 10.5 Å². The van der Waals surface area contributed by atoms with E-state index in [1.807, 2.05) is 0 Å². The quantitative estimate of drug-likeness (QED) is 0.837. The topological polar surface area (TPSA) is 95.4 Å². The summed E-state index contributed by atoms with van der Waals surface area (Å²) in [4.78, 5) is -0.151. The highest BCUT2D eigenvalue weighted by Gasteiger charge is 2.15. The molecule has 0 aliphatic heterocycles. The zero-order valence-electron chi connectivity index (χ0n) is 9.71. The van der Waals surface area contributed by atoms with E-state index in [4.69, 9.17) is 15.6 Å². The van der Waals surface area contributed by atoms with Gasteiger partial charge >= 0.3 is 0 Å². The minimum absolute atomic E-state index is 0.00656. The molecule has 0 aliphatic carbocycles. The van der Waals surface area contributed by atoms with E-state index in [-0.39, 0.29) is 16.3 Å². The number of nitrogen functional groups attached to an aromatic ring is 1. The lowest BCUT2D eigenvalue weighted by molar-refractivity contribution is 0.483. The van der Waals surface area contributed by atoms with E-state index in [9.17, 15) is 8.42 Å². The van der Waals surface area contributed by atoms with Crippen LogP contribution in [0.1, 0.15) is 0 Å². The van der Waals surface area contributed by atoms with Crippen molar-refractivity contribution in [3.63, 3.8) is 0 Å². The third-order valence-corrected chi connectivity index (χ3v) is 3.87. The van der Waals surface area contributed by atoms with Crippen molar-refractivity contribution < 1.29 is 13.2 Å². The van der Waals surface area contributed by atoms with Crippen LogP contribution in [0.2, 0.25) is 0 Å². The number of hydrogen-bond acceptors (Lipinski definition) is 4. The van der Waals surface area contributed by atoms with Crippen LogP contribution < -0.4 is 15.6 Å². The summed E-state index contributed by atoms with van der Waals surface area (Å²) in [6.45, 7) is 0. The third kappa shape index (κ3) is 3.25. The molecule has 0 radical (unpaired) electrons. The van der Waals surface area contributed by atoms with E-state index >= 15 is 0 Å². The number of halogens is 1. The van der Waals surface area contributed by atoms with Crippen molar-refractivity contribution in [2.24, 2.45) is 5.14 Å². The van der Waals surface area contributed by atoms with Gasteiger partial charge in [0.15, 0.2) is 5.75 Å². The molecule has 0 unspecified atom stereocenters. The largest absolute Gasteiger partial charge is 0.455 e. The van der Waals surface area contributed by atoms with E-state index in [0.717, 1.165) is 4.47 Å². The van der Waals surface area contributed by atoms with Crippen LogP contribution in [-0.4, -0.2) is 8.42 Å². The Balaban J connectivity index is 2.39. The maximum absolute atomic E-state index is 11.3. The first kappa shape index (κ1) is 13.9. The first-order valence-electron chi connectivity index (χ1n) is 5.22. The zero-order chi connectivity index (χ0) is 14.0. The monoisotopic (exact) mass is 342 g/mol. The molecule has 2 aromatic carbocycles. The standard InChI is InChI=1S/C12H11BrN2O3S/c13-8-4-6-9(7-5-8)18-10-2-1-3-11(12(10)14)19(15,16)17/h1-7H,14H2,(H2,15,16,17). The third-order valence-electron chi connectivity index (χ3n) is 2.37. The molecule has 0 bridgehead atoms. The normalized spacial score (nSPS) is 11.3. The lowest BCUT2D eigenvalue weighted by Crippen LogP contribution is -2.14. The number of sulfonamides is 1. The smallest absolute Gasteiger partial charge is 0.240 e. The maximum Gasteiger partial charge on any atom is 0.240 e. The molecule has 2 aromatic rings. The summed E-state index contributed by atoms with van der Waals surface area (Å²) in [5.74, 6) is 0.787. The van der Waals surface area contributed by atoms with Gasteiger partial charge in [0.2, 0.25) is 10.0 Å². The number of hydrogen-bond donors (Lipinski definition) is 2. The number of para-hydroxylation sites is 1. The van der Waals surface area contributed by atoms with E-state index in [1.165, 1.54) is 12.1 Å². The number of primary sulfonamides is 1. The van der Waals surface area contributed by atoms with Gasteiger partial charge in [0.05, 0.1) is 5.69 Å². The van der Waals surface area contributed by atoms with Crippen LogP contribution >= 0.6 is 15.9 Å². The molecule has 0 amide bonds. The number of benzene rings is 2. The Labute approximate surface area is 119 Å². The molecule has 2 rings (SSSR count). The summed E-state index contributed by atoms with van der Waals surface area (Å²) in [7, 11) is -3.87. The minimum Gasteiger partial charge on any atom is -0.455 e. The van der Waals surface area contributed by atoms with Crippen LogP contribution in [-0.2, 0) is 10.0 Å². The highest BCUT2D eigenvalue weighted by molar-refractivity contribution is 9.10. The molecular weight excluding hydrogens is 332 g/mol. The second kappa shape index (κ2) is 5.20. The van der Waals surface area contributed by atoms with Crippen LogP contribution in [0.15, 0.2) is 51.8 Å². The highest BCUT2D eigenvalue weighted by Crippen LogP contribution is 2.32. The van der Waals surface area contributed by atoms with Gasteiger partial charge in [-0.1, -0.05) is 22.0 Å². The number of nitrogens with two attached hydrogens (primary N) is 2. The van der Waals surface area contributed by atoms with Crippen molar-refractivity contribution in [1.82, 2.24) is 0 Å². The van der Waals surface area contributed by atoms with Gasteiger partial charge in [-0.15, -0.1) is 0 Å². The highest BCUT2D eigenvalue weighted by atomic mass is 79.9. The lowest BCUT2D eigenvalue weighted by Gasteiger charge is -2.11. The van der Waals surface area contributed by atoms with Crippen molar-refractivity contribution in [2.75, 3.05) is 5.73 Å². The van der Waals surface area contributed by atoms with Crippen molar-refractivity contribution in [3.8, 4) is 11.5 Å². The van der Waals surface area contributed by atoms with Crippen molar-refractivity contribution >= 4 is 31.6 Å². The SMILES string of the molecule is Nc1c(Oc2ccc(Br)cc2)cccc1S(N)(=O)=O. The van der Waals surface area contributed by atoms with E-state index in [1.54, 1.807) is 30.3 Å². The van der Waals surface area contributed by atoms with E-state index in [0.29, 0.717) is 5.75 Å². The Morgan fingerprint density at radius 1 is 1.05 bits per heavy atom. The predicted molar refractivity (Wildman–Crippen MR) is 76.4 cm³/mol. The molecule has 7 heteroatoms. The summed E-state index contributed by atoms with van der Waals surface area (Å²) < 4.78 is 29.1. The van der Waals surface area contributed by atoms with Crippen LogP contribution in [0.25, 0.3) is 0 Å². The fourth-order valence-corrected chi connectivity index (χ4v) is 2.43. The van der Waals surface area contributed by atoms with Crippen LogP contribution in [0.4, 0.5) is 5.69 Å². The summed E-state index contributed by atoms with van der Waals surface area (Å²) >= 11 is 3.31. The van der Waals surface area contributed by atoms with Crippen LogP contribution in [0.5, 0.6) is 11.5 Å². The zero-order valence-corrected chi connectivity index (χ0v) is 12.1. The molecule has 0 spiro atoms. The van der Waals surface area contributed by atoms with Gasteiger partial charge in [0.1, 0.15) is 10.6 Å². The maximum atomic E-state index is 11.3. The molecule has 100 valence electrons. The molecule has 0 heterocycles. The first-order valence-corrected chi connectivity index (χ1v) is 7.56. The van der Waals surface area contributed by atoms with Gasteiger partial charge in [-0.25, -0.2) is 13.6 Å². The van der Waals surface area contributed by atoms with Crippen molar-refractivity contribution in [1.29, 1.82) is 0 Å². The van der Waals surface area contributed by atoms with Gasteiger partial charge in [-0.2, -0.15) is 0 Å². The molecule has 5 nitrogen and oxygen atoms in total. The van der Waals surface area contributed by atoms with Crippen molar-refractivity contribution in [2.45, 2.75) is 4.90 Å². The lowest BCUT2D eigenvalue weighted by atomic mass is 10.3. The Bertz CT molecular complexity index is 699. The predicted octanol–water partition coefficient (Wildman–Crippen LogP) is 2.47. The Hall–Kier alpha value is -1.57. The number of ether oxygens (including phenoxy) is 1. The molecule has 0 atom stereocenters. The minimum atomic E-state index is -3.87. The summed E-state index contributed by atoms with van der Waals surface area (Å²) in [5.41, 5.74) is 5.75. The summed E-state index contributed by atoms with van der Waals surface area (Å²) in [6, 6.07) is 11.5. The van der Waals surface area contributed by atoms with E-state index in [2.05, 4.69) is 15.9 Å². The summed E-state index contributed by atoms with van der Waals surface area (Å²) in [5, 5.41) is 5.07. The van der Waals surface area contributed by atoms with Crippen molar-refractivity contribution in [3.05, 3.63) is 46.9 Å². The fraction of sp³-hybridized carbons (Fsp3) is 0. The Kier molecular flexibility index (Phi) is 3.79. The molecule has 19 heavy (non-hydrogen) atoms. The van der Waals surface area contributed by atoms with Gasteiger partial charge in [-0.3, -0.25) is 0 Å². The van der Waals surface area contributed by atoms with E-state index < -0.39 is 10.0 Å². The van der Waals surface area contributed by atoms with Gasteiger partial charge in [0.25, 0.3) is 0 Å². The molecule has 0 saturated carbocycles. The number of anilines is 1. The molecule has 0 fully saturated rings. The van der Waals surface area contributed by atoms with Gasteiger partial charge in [0, 0.05) is 4.47 Å². The second-order valence-electron chi connectivity index (χ2n) is 3.77. The van der Waals surface area contributed by atoms with Crippen LogP contribution in [0, 0.1) is 0 Å². The molecule has 0 aliphatic rings. The first-order chi connectivity index (χ1) is 8.88. The van der Waals surface area contributed by atoms with Crippen LogP contribution in [0.3, 0.4) is 0 Å². The summed E-state index contributed by atoms with van der Waals surface area (Å²) in [6.07, 6.45) is 0. The Morgan fingerprint density at radius 3 is 2.26 bits per heavy atom. The molecular formula is C12H11BrN2O3S. The average molecular weight is 343 g/mol. The van der Waals surface area contributed by atoms with Gasteiger partial charge in [-0.05, 0) is 36.4 Å². The Morgan fingerprint density at radius 2 is 1.68 bits per heavy atom. The molecule has 0 aromatic heterocycles. The fourth-order valence-electron chi connectivity index (χ4n) is 1.49. The molecule has 0 saturated heterocycles. The molecule has 4 N–H and O–H groups in total. The second-order valence-corrected chi connectivity index (χ2v) is 6.21. The number of rotatable bonds is 3. The average Bonchev–Trinajstić information content (AvgIpc) is 2.33.